The highest BCUT2D eigenvalue weighted by atomic mass is 16.5. The highest BCUT2D eigenvalue weighted by Crippen LogP contribution is 2.25. The van der Waals surface area contributed by atoms with Crippen LogP contribution in [0.3, 0.4) is 0 Å². The van der Waals surface area contributed by atoms with Gasteiger partial charge in [0.05, 0.1) is 0 Å². The zero-order chi connectivity index (χ0) is 12.5. The number of H-pyrrole nitrogens is 1. The lowest BCUT2D eigenvalue weighted by atomic mass is 10.1. The van der Waals surface area contributed by atoms with Gasteiger partial charge in [-0.3, -0.25) is 5.10 Å². The Morgan fingerprint density at radius 1 is 1.33 bits per heavy atom. The smallest absolute Gasteiger partial charge is 0.258 e. The van der Waals surface area contributed by atoms with Crippen LogP contribution in [0.1, 0.15) is 5.56 Å². The van der Waals surface area contributed by atoms with Crippen LogP contribution in [0.4, 0.5) is 5.69 Å². The second-order valence-electron chi connectivity index (χ2n) is 3.83. The third-order valence-corrected chi connectivity index (χ3v) is 2.54. The first-order valence-corrected chi connectivity index (χ1v) is 5.30. The van der Waals surface area contributed by atoms with Gasteiger partial charge < -0.3 is 10.3 Å². The standard InChI is InChI=1S/C11H10N6O/c1-6-2-3-7(12)4-8(6)11-15-10(17-18-11)9-13-5-14-16-9/h2-5H,12H2,1H3,(H,13,14,16). The molecule has 2 heterocycles. The second-order valence-corrected chi connectivity index (χ2v) is 3.83. The summed E-state index contributed by atoms with van der Waals surface area (Å²) < 4.78 is 5.21. The summed E-state index contributed by atoms with van der Waals surface area (Å²) in [6.45, 7) is 1.95. The van der Waals surface area contributed by atoms with E-state index in [4.69, 9.17) is 10.3 Å². The molecule has 0 aliphatic rings. The molecule has 7 nitrogen and oxygen atoms in total. The monoisotopic (exact) mass is 242 g/mol. The van der Waals surface area contributed by atoms with Crippen LogP contribution in [0.15, 0.2) is 29.0 Å². The lowest BCUT2D eigenvalue weighted by Gasteiger charge is -2.01. The largest absolute Gasteiger partial charge is 0.399 e. The SMILES string of the molecule is Cc1ccc(N)cc1-c1nc(-c2ncn[nH]2)no1. The van der Waals surface area contributed by atoms with Gasteiger partial charge in [0.15, 0.2) is 5.82 Å². The molecule has 3 N–H and O–H groups in total. The molecule has 0 spiro atoms. The number of nitrogens with one attached hydrogen (secondary N) is 1. The van der Waals surface area contributed by atoms with Crippen molar-refractivity contribution in [3.8, 4) is 23.1 Å². The zero-order valence-corrected chi connectivity index (χ0v) is 9.58. The molecular formula is C11H10N6O. The molecule has 0 saturated heterocycles. The number of rotatable bonds is 2. The minimum atomic E-state index is 0.365. The van der Waals surface area contributed by atoms with E-state index in [1.807, 2.05) is 19.1 Å². The van der Waals surface area contributed by atoms with Crippen molar-refractivity contribution in [3.63, 3.8) is 0 Å². The van der Waals surface area contributed by atoms with Crippen LogP contribution in [0.25, 0.3) is 23.1 Å². The summed E-state index contributed by atoms with van der Waals surface area (Å²) in [6, 6.07) is 5.53. The van der Waals surface area contributed by atoms with Crippen LogP contribution >= 0.6 is 0 Å². The maximum absolute atomic E-state index is 5.75. The molecule has 90 valence electrons. The first kappa shape index (κ1) is 10.5. The van der Waals surface area contributed by atoms with Gasteiger partial charge in [-0.05, 0) is 24.6 Å². The Morgan fingerprint density at radius 2 is 2.22 bits per heavy atom. The number of aromatic nitrogens is 5. The van der Waals surface area contributed by atoms with Gasteiger partial charge in [0.2, 0.25) is 5.82 Å². The van der Waals surface area contributed by atoms with Crippen LogP contribution in [-0.4, -0.2) is 25.3 Å². The van der Waals surface area contributed by atoms with Gasteiger partial charge in [-0.2, -0.15) is 10.1 Å². The fraction of sp³-hybridized carbons (Fsp3) is 0.0909. The summed E-state index contributed by atoms with van der Waals surface area (Å²) in [6.07, 6.45) is 1.39. The molecule has 0 atom stereocenters. The van der Waals surface area contributed by atoms with Crippen molar-refractivity contribution in [2.45, 2.75) is 6.92 Å². The molecule has 2 aromatic heterocycles. The number of nitrogen functional groups attached to an aromatic ring is 1. The molecule has 7 heteroatoms. The van der Waals surface area contributed by atoms with Crippen LogP contribution in [0.5, 0.6) is 0 Å². The highest BCUT2D eigenvalue weighted by Gasteiger charge is 2.14. The van der Waals surface area contributed by atoms with Crippen molar-refractivity contribution in [1.29, 1.82) is 0 Å². The van der Waals surface area contributed by atoms with E-state index in [0.29, 0.717) is 23.2 Å². The van der Waals surface area contributed by atoms with Gasteiger partial charge in [-0.15, -0.1) is 0 Å². The predicted octanol–water partition coefficient (Wildman–Crippen LogP) is 1.41. The van der Waals surface area contributed by atoms with E-state index in [1.165, 1.54) is 6.33 Å². The van der Waals surface area contributed by atoms with Crippen LogP contribution in [0.2, 0.25) is 0 Å². The minimum Gasteiger partial charge on any atom is -0.399 e. The number of nitrogens with two attached hydrogens (primary N) is 1. The number of benzene rings is 1. The van der Waals surface area contributed by atoms with E-state index in [0.717, 1.165) is 11.1 Å². The molecule has 0 aliphatic carbocycles. The molecule has 0 fully saturated rings. The van der Waals surface area contributed by atoms with Crippen molar-refractivity contribution in [2.24, 2.45) is 0 Å². The molecule has 3 aromatic rings. The van der Waals surface area contributed by atoms with Crippen LogP contribution in [-0.2, 0) is 0 Å². The van der Waals surface area contributed by atoms with Gasteiger partial charge in [0.25, 0.3) is 5.89 Å². The fourth-order valence-corrected chi connectivity index (χ4v) is 1.61. The topological polar surface area (TPSA) is 107 Å². The predicted molar refractivity (Wildman–Crippen MR) is 64.3 cm³/mol. The van der Waals surface area contributed by atoms with E-state index >= 15 is 0 Å². The Labute approximate surface area is 102 Å². The molecule has 0 aliphatic heterocycles. The molecule has 3 rings (SSSR count). The summed E-state index contributed by atoms with van der Waals surface area (Å²) in [4.78, 5) is 8.21. The van der Waals surface area contributed by atoms with Crippen molar-refractivity contribution >= 4 is 5.69 Å². The maximum atomic E-state index is 5.75. The van der Waals surface area contributed by atoms with Gasteiger partial charge in [0.1, 0.15) is 6.33 Å². The van der Waals surface area contributed by atoms with Crippen molar-refractivity contribution in [1.82, 2.24) is 25.3 Å². The lowest BCUT2D eigenvalue weighted by molar-refractivity contribution is 0.431. The van der Waals surface area contributed by atoms with Crippen molar-refractivity contribution in [2.75, 3.05) is 5.73 Å². The van der Waals surface area contributed by atoms with Gasteiger partial charge >= 0.3 is 0 Å². The maximum Gasteiger partial charge on any atom is 0.258 e. The Balaban J connectivity index is 2.05. The summed E-state index contributed by atoms with van der Waals surface area (Å²) in [7, 11) is 0. The van der Waals surface area contributed by atoms with E-state index in [2.05, 4.69) is 25.3 Å². The Kier molecular flexibility index (Phi) is 2.30. The quantitative estimate of drug-likeness (QED) is 0.658. The van der Waals surface area contributed by atoms with Crippen molar-refractivity contribution in [3.05, 3.63) is 30.1 Å². The first-order chi connectivity index (χ1) is 8.74. The molecule has 0 amide bonds. The van der Waals surface area contributed by atoms with Crippen molar-refractivity contribution < 1.29 is 4.52 Å². The van der Waals surface area contributed by atoms with Gasteiger partial charge in [0, 0.05) is 11.3 Å². The van der Waals surface area contributed by atoms with E-state index in [1.54, 1.807) is 6.07 Å². The number of nitrogens with zero attached hydrogens (tertiary/aromatic N) is 4. The van der Waals surface area contributed by atoms with Gasteiger partial charge in [-0.25, -0.2) is 4.98 Å². The van der Waals surface area contributed by atoms with E-state index in [-0.39, 0.29) is 0 Å². The summed E-state index contributed by atoms with van der Waals surface area (Å²) in [5.74, 6) is 1.24. The molecule has 0 saturated carbocycles. The number of aryl methyl sites for hydroxylation is 1. The fourth-order valence-electron chi connectivity index (χ4n) is 1.61. The molecule has 0 unspecified atom stereocenters. The molecule has 18 heavy (non-hydrogen) atoms. The van der Waals surface area contributed by atoms with Gasteiger partial charge in [-0.1, -0.05) is 11.2 Å². The third kappa shape index (κ3) is 1.71. The average molecular weight is 242 g/mol. The second kappa shape index (κ2) is 3.95. The molecule has 0 radical (unpaired) electrons. The Hall–Kier alpha value is -2.70. The Morgan fingerprint density at radius 3 is 3.00 bits per heavy atom. The Bertz CT molecular complexity index is 673. The van der Waals surface area contributed by atoms with E-state index in [9.17, 15) is 0 Å². The molecule has 0 bridgehead atoms. The van der Waals surface area contributed by atoms with Crippen LogP contribution < -0.4 is 5.73 Å². The summed E-state index contributed by atoms with van der Waals surface area (Å²) in [5.41, 5.74) is 8.22. The summed E-state index contributed by atoms with van der Waals surface area (Å²) >= 11 is 0. The molecular weight excluding hydrogens is 232 g/mol. The summed E-state index contributed by atoms with van der Waals surface area (Å²) in [5, 5.41) is 10.3. The zero-order valence-electron chi connectivity index (χ0n) is 9.58. The third-order valence-electron chi connectivity index (χ3n) is 2.54. The molecule has 1 aromatic carbocycles. The normalized spacial score (nSPS) is 10.7. The number of anilines is 1. The number of aromatic amines is 1. The minimum absolute atomic E-state index is 0.365. The lowest BCUT2D eigenvalue weighted by Crippen LogP contribution is -1.89. The number of hydrogen-bond donors (Lipinski definition) is 2. The first-order valence-electron chi connectivity index (χ1n) is 5.30. The van der Waals surface area contributed by atoms with E-state index < -0.39 is 0 Å². The number of hydrogen-bond acceptors (Lipinski definition) is 6. The highest BCUT2D eigenvalue weighted by molar-refractivity contribution is 5.65. The average Bonchev–Trinajstić information content (AvgIpc) is 3.00. The van der Waals surface area contributed by atoms with Crippen LogP contribution in [0, 0.1) is 6.92 Å².